The molecule has 1 aromatic heterocycles. The van der Waals surface area contributed by atoms with Crippen molar-refractivity contribution in [3.05, 3.63) is 23.9 Å². The van der Waals surface area contributed by atoms with Gasteiger partial charge in [0.1, 0.15) is 5.82 Å². The Morgan fingerprint density at radius 2 is 2.21 bits per heavy atom. The van der Waals surface area contributed by atoms with E-state index in [2.05, 4.69) is 51.5 Å². The zero-order chi connectivity index (χ0) is 16.2. The van der Waals surface area contributed by atoms with Crippen LogP contribution < -0.4 is 15.5 Å². The number of anilines is 1. The summed E-state index contributed by atoms with van der Waals surface area (Å²) in [4.78, 5) is 11.1. The Morgan fingerprint density at radius 1 is 1.42 bits per heavy atom. The van der Waals surface area contributed by atoms with Gasteiger partial charge in [-0.1, -0.05) is 13.0 Å². The molecule has 3 rings (SSSR count). The van der Waals surface area contributed by atoms with E-state index in [1.54, 1.807) is 0 Å². The second-order valence-corrected chi connectivity index (χ2v) is 6.54. The predicted molar refractivity (Wildman–Crippen MR) is 108 cm³/mol. The number of pyridine rings is 1. The third-order valence-corrected chi connectivity index (χ3v) is 4.49. The van der Waals surface area contributed by atoms with Crippen molar-refractivity contribution in [3.63, 3.8) is 0 Å². The minimum Gasteiger partial charge on any atom is -0.375 e. The van der Waals surface area contributed by atoms with Crippen LogP contribution in [-0.2, 0) is 11.3 Å². The highest BCUT2D eigenvalue weighted by Crippen LogP contribution is 2.28. The van der Waals surface area contributed by atoms with E-state index < -0.39 is 0 Å². The van der Waals surface area contributed by atoms with Crippen molar-refractivity contribution in [3.8, 4) is 0 Å². The first-order valence-electron chi connectivity index (χ1n) is 8.44. The van der Waals surface area contributed by atoms with E-state index in [-0.39, 0.29) is 30.1 Å². The van der Waals surface area contributed by atoms with Gasteiger partial charge in [-0.25, -0.2) is 4.98 Å². The Kier molecular flexibility index (Phi) is 7.09. The van der Waals surface area contributed by atoms with Crippen LogP contribution in [0.1, 0.15) is 25.8 Å². The van der Waals surface area contributed by atoms with Crippen molar-refractivity contribution in [1.29, 1.82) is 0 Å². The molecule has 1 saturated heterocycles. The lowest BCUT2D eigenvalue weighted by Crippen LogP contribution is -2.41. The van der Waals surface area contributed by atoms with E-state index in [0.29, 0.717) is 6.04 Å². The smallest absolute Gasteiger partial charge is 0.191 e. The molecule has 2 fully saturated rings. The lowest BCUT2D eigenvalue weighted by Gasteiger charge is -2.32. The summed E-state index contributed by atoms with van der Waals surface area (Å²) in [6.07, 6.45) is 3.44. The zero-order valence-electron chi connectivity index (χ0n) is 14.7. The van der Waals surface area contributed by atoms with Crippen LogP contribution in [0.2, 0.25) is 0 Å². The summed E-state index contributed by atoms with van der Waals surface area (Å²) in [5, 5.41) is 6.77. The maximum Gasteiger partial charge on any atom is 0.191 e. The Morgan fingerprint density at radius 3 is 2.79 bits per heavy atom. The highest BCUT2D eigenvalue weighted by atomic mass is 127. The van der Waals surface area contributed by atoms with E-state index in [0.717, 1.165) is 49.5 Å². The molecular formula is C17H28IN5O. The van der Waals surface area contributed by atoms with Crippen molar-refractivity contribution < 1.29 is 4.74 Å². The average molecular weight is 445 g/mol. The first kappa shape index (κ1) is 19.2. The van der Waals surface area contributed by atoms with Crippen LogP contribution in [0.3, 0.4) is 0 Å². The van der Waals surface area contributed by atoms with Gasteiger partial charge >= 0.3 is 0 Å². The third-order valence-electron chi connectivity index (χ3n) is 4.49. The van der Waals surface area contributed by atoms with Gasteiger partial charge in [0.2, 0.25) is 0 Å². The van der Waals surface area contributed by atoms with Crippen LogP contribution in [0.25, 0.3) is 0 Å². The van der Waals surface area contributed by atoms with Crippen LogP contribution in [-0.4, -0.2) is 49.8 Å². The highest BCUT2D eigenvalue weighted by molar-refractivity contribution is 14.0. The number of hydrogen-bond acceptors (Lipinski definition) is 4. The van der Waals surface area contributed by atoms with Gasteiger partial charge in [-0.15, -0.1) is 24.0 Å². The van der Waals surface area contributed by atoms with Crippen molar-refractivity contribution in [1.82, 2.24) is 15.6 Å². The van der Waals surface area contributed by atoms with Gasteiger partial charge in [0.05, 0.1) is 12.7 Å². The SMILES string of the molecule is CN=C(NCc1ccc(N2CCOC(C)C2)nc1)NC1CC1C.I. The van der Waals surface area contributed by atoms with Crippen molar-refractivity contribution in [2.45, 2.75) is 39.0 Å². The van der Waals surface area contributed by atoms with Crippen molar-refractivity contribution >= 4 is 35.8 Å². The first-order chi connectivity index (χ1) is 11.2. The summed E-state index contributed by atoms with van der Waals surface area (Å²) in [6.45, 7) is 7.66. The Bertz CT molecular complexity index is 550. The van der Waals surface area contributed by atoms with Gasteiger partial charge in [0, 0.05) is 38.9 Å². The van der Waals surface area contributed by atoms with Crippen LogP contribution in [0.15, 0.2) is 23.3 Å². The van der Waals surface area contributed by atoms with Gasteiger partial charge in [0.25, 0.3) is 0 Å². The number of halogens is 1. The number of aromatic nitrogens is 1. The van der Waals surface area contributed by atoms with E-state index >= 15 is 0 Å². The van der Waals surface area contributed by atoms with Gasteiger partial charge in [-0.05, 0) is 30.9 Å². The lowest BCUT2D eigenvalue weighted by atomic mass is 10.2. The number of aliphatic imine (C=N–C) groups is 1. The normalized spacial score (nSPS) is 26.5. The van der Waals surface area contributed by atoms with Gasteiger partial charge in [0.15, 0.2) is 5.96 Å². The molecule has 3 unspecified atom stereocenters. The minimum atomic E-state index is 0. The molecule has 0 bridgehead atoms. The molecule has 24 heavy (non-hydrogen) atoms. The van der Waals surface area contributed by atoms with E-state index in [4.69, 9.17) is 4.74 Å². The zero-order valence-corrected chi connectivity index (χ0v) is 17.0. The summed E-state index contributed by atoms with van der Waals surface area (Å²) in [6, 6.07) is 4.79. The third kappa shape index (κ3) is 5.20. The number of ether oxygens (including phenoxy) is 1. The fourth-order valence-electron chi connectivity index (χ4n) is 2.81. The molecule has 134 valence electrons. The summed E-state index contributed by atoms with van der Waals surface area (Å²) in [7, 11) is 1.81. The molecule has 7 heteroatoms. The van der Waals surface area contributed by atoms with E-state index in [1.807, 2.05) is 13.2 Å². The Labute approximate surface area is 161 Å². The van der Waals surface area contributed by atoms with E-state index in [1.165, 1.54) is 6.42 Å². The molecule has 1 saturated carbocycles. The number of nitrogens with one attached hydrogen (secondary N) is 2. The lowest BCUT2D eigenvalue weighted by molar-refractivity contribution is 0.0529. The molecule has 6 nitrogen and oxygen atoms in total. The molecule has 0 aromatic carbocycles. The number of hydrogen-bond donors (Lipinski definition) is 2. The molecule has 1 aliphatic carbocycles. The molecule has 0 spiro atoms. The van der Waals surface area contributed by atoms with Crippen LogP contribution in [0.4, 0.5) is 5.82 Å². The molecule has 2 N–H and O–H groups in total. The fourth-order valence-corrected chi connectivity index (χ4v) is 2.81. The average Bonchev–Trinajstić information content (AvgIpc) is 3.27. The molecule has 3 atom stereocenters. The number of morpholine rings is 1. The second-order valence-electron chi connectivity index (χ2n) is 6.54. The first-order valence-corrected chi connectivity index (χ1v) is 8.44. The van der Waals surface area contributed by atoms with Gasteiger partial charge < -0.3 is 20.3 Å². The second kappa shape index (κ2) is 8.84. The summed E-state index contributed by atoms with van der Waals surface area (Å²) in [5.41, 5.74) is 1.15. The van der Waals surface area contributed by atoms with Crippen LogP contribution >= 0.6 is 24.0 Å². The molecule has 1 aromatic rings. The molecule has 0 amide bonds. The van der Waals surface area contributed by atoms with Crippen molar-refractivity contribution in [2.24, 2.45) is 10.9 Å². The highest BCUT2D eigenvalue weighted by Gasteiger charge is 2.33. The summed E-state index contributed by atoms with van der Waals surface area (Å²) in [5.74, 6) is 2.65. The van der Waals surface area contributed by atoms with Crippen molar-refractivity contribution in [2.75, 3.05) is 31.6 Å². The topological polar surface area (TPSA) is 61.8 Å². The van der Waals surface area contributed by atoms with Crippen LogP contribution in [0.5, 0.6) is 0 Å². The molecular weight excluding hydrogens is 417 g/mol. The Balaban J connectivity index is 0.00000208. The molecule has 2 aliphatic rings. The largest absolute Gasteiger partial charge is 0.375 e. The number of guanidine groups is 1. The van der Waals surface area contributed by atoms with E-state index in [9.17, 15) is 0 Å². The summed E-state index contributed by atoms with van der Waals surface area (Å²) < 4.78 is 5.58. The van der Waals surface area contributed by atoms with Gasteiger partial charge in [-0.3, -0.25) is 4.99 Å². The molecule has 1 aliphatic heterocycles. The maximum absolute atomic E-state index is 5.58. The predicted octanol–water partition coefficient (Wildman–Crippen LogP) is 2.00. The summed E-state index contributed by atoms with van der Waals surface area (Å²) >= 11 is 0. The van der Waals surface area contributed by atoms with Crippen LogP contribution in [0, 0.1) is 5.92 Å². The Hall–Kier alpha value is -1.09. The molecule has 2 heterocycles. The number of rotatable bonds is 4. The number of nitrogens with zero attached hydrogens (tertiary/aromatic N) is 3. The monoisotopic (exact) mass is 445 g/mol. The molecule has 0 radical (unpaired) electrons. The quantitative estimate of drug-likeness (QED) is 0.422. The maximum atomic E-state index is 5.58. The standard InChI is InChI=1S/C17H27N5O.HI/c1-12-8-15(12)21-17(18-3)20-10-14-4-5-16(19-9-14)22-6-7-23-13(2)11-22;/h4-5,9,12-13,15H,6-8,10-11H2,1-3H3,(H2,18,20,21);1H. The van der Waals surface area contributed by atoms with Gasteiger partial charge in [-0.2, -0.15) is 0 Å². The fraction of sp³-hybridized carbons (Fsp3) is 0.647. The minimum absolute atomic E-state index is 0.